The molecule has 0 bridgehead atoms. The van der Waals surface area contributed by atoms with E-state index in [1.807, 2.05) is 44.2 Å². The lowest BCUT2D eigenvalue weighted by Gasteiger charge is -2.13. The van der Waals surface area contributed by atoms with Crippen LogP contribution in [0.3, 0.4) is 0 Å². The second kappa shape index (κ2) is 7.74. The fourth-order valence-electron chi connectivity index (χ4n) is 3.02. The summed E-state index contributed by atoms with van der Waals surface area (Å²) in [4.78, 5) is 12.7. The zero-order chi connectivity index (χ0) is 19.6. The molecule has 3 aromatic rings. The third kappa shape index (κ3) is 3.92. The van der Waals surface area contributed by atoms with Crippen LogP contribution in [0.25, 0.3) is 16.9 Å². The fourth-order valence-corrected chi connectivity index (χ4v) is 3.02. The molecule has 140 valence electrons. The normalized spacial score (nSPS) is 11.0. The molecule has 0 aliphatic rings. The summed E-state index contributed by atoms with van der Waals surface area (Å²) in [5.74, 6) is -1.21. The maximum Gasteiger partial charge on any atom is 0.253 e. The zero-order valence-corrected chi connectivity index (χ0v) is 15.6. The number of rotatable bonds is 5. The van der Waals surface area contributed by atoms with Gasteiger partial charge in [0.2, 0.25) is 0 Å². The molecule has 27 heavy (non-hydrogen) atoms. The van der Waals surface area contributed by atoms with Crippen LogP contribution in [0, 0.1) is 24.5 Å². The van der Waals surface area contributed by atoms with Gasteiger partial charge in [-0.15, -0.1) is 0 Å². The van der Waals surface area contributed by atoms with E-state index in [1.165, 1.54) is 12.1 Å². The number of nitrogens with one attached hydrogen (secondary N) is 1. The number of halogens is 2. The van der Waals surface area contributed by atoms with Gasteiger partial charge in [-0.3, -0.25) is 4.79 Å². The molecule has 0 fully saturated rings. The first kappa shape index (κ1) is 18.8. The SMILES string of the molecule is Cc1c(C(=O)NCC(C)C)cc(-c2ccccc2)n1-c1ccc(F)cc1F. The largest absolute Gasteiger partial charge is 0.352 e. The molecule has 1 amide bonds. The van der Waals surface area contributed by atoms with Crippen LogP contribution in [0.2, 0.25) is 0 Å². The van der Waals surface area contributed by atoms with Crippen molar-refractivity contribution in [3.05, 3.63) is 77.5 Å². The molecule has 0 saturated heterocycles. The Morgan fingerprint density at radius 1 is 1.07 bits per heavy atom. The fraction of sp³-hybridized carbons (Fsp3) is 0.227. The van der Waals surface area contributed by atoms with Crippen LogP contribution in [0.4, 0.5) is 8.78 Å². The Morgan fingerprint density at radius 2 is 1.78 bits per heavy atom. The van der Waals surface area contributed by atoms with Crippen molar-refractivity contribution in [3.63, 3.8) is 0 Å². The van der Waals surface area contributed by atoms with Gasteiger partial charge < -0.3 is 9.88 Å². The Labute approximate surface area is 157 Å². The lowest BCUT2D eigenvalue weighted by molar-refractivity contribution is 0.0948. The number of carbonyl (C=O) groups is 1. The third-order valence-electron chi connectivity index (χ3n) is 4.38. The summed E-state index contributed by atoms with van der Waals surface area (Å²) in [6.45, 7) is 6.34. The topological polar surface area (TPSA) is 34.0 Å². The first-order chi connectivity index (χ1) is 12.9. The molecule has 1 aromatic heterocycles. The average Bonchev–Trinajstić information content (AvgIpc) is 2.98. The first-order valence-electron chi connectivity index (χ1n) is 8.90. The molecule has 0 saturated carbocycles. The number of hydrogen-bond acceptors (Lipinski definition) is 1. The molecule has 0 radical (unpaired) electrons. The van der Waals surface area contributed by atoms with E-state index in [4.69, 9.17) is 0 Å². The highest BCUT2D eigenvalue weighted by Crippen LogP contribution is 2.30. The summed E-state index contributed by atoms with van der Waals surface area (Å²) in [6.07, 6.45) is 0. The predicted molar refractivity (Wildman–Crippen MR) is 103 cm³/mol. The standard InChI is InChI=1S/C22H22F2N2O/c1-14(2)13-25-22(27)18-12-21(16-7-5-4-6-8-16)26(15(18)3)20-10-9-17(23)11-19(20)24/h4-12,14H,13H2,1-3H3,(H,25,27). The van der Waals surface area contributed by atoms with E-state index in [2.05, 4.69) is 5.32 Å². The lowest BCUT2D eigenvalue weighted by atomic mass is 10.1. The highest BCUT2D eigenvalue weighted by Gasteiger charge is 2.21. The Morgan fingerprint density at radius 3 is 2.41 bits per heavy atom. The summed E-state index contributed by atoms with van der Waals surface area (Å²) in [7, 11) is 0. The molecule has 3 nitrogen and oxygen atoms in total. The van der Waals surface area contributed by atoms with Crippen LogP contribution >= 0.6 is 0 Å². The predicted octanol–water partition coefficient (Wildman–Crippen LogP) is 5.12. The Hall–Kier alpha value is -2.95. The van der Waals surface area contributed by atoms with Gasteiger partial charge in [0.15, 0.2) is 0 Å². The second-order valence-corrected chi connectivity index (χ2v) is 6.93. The number of amides is 1. The van der Waals surface area contributed by atoms with Crippen LogP contribution in [0.15, 0.2) is 54.6 Å². The van der Waals surface area contributed by atoms with E-state index in [-0.39, 0.29) is 11.6 Å². The Bertz CT molecular complexity index is 962. The summed E-state index contributed by atoms with van der Waals surface area (Å²) in [5.41, 5.74) is 2.79. The molecule has 1 heterocycles. The number of nitrogens with zero attached hydrogens (tertiary/aromatic N) is 1. The Kier molecular flexibility index (Phi) is 5.40. The van der Waals surface area contributed by atoms with Crippen LogP contribution in [0.1, 0.15) is 29.9 Å². The van der Waals surface area contributed by atoms with Gasteiger partial charge in [0.25, 0.3) is 5.91 Å². The smallest absolute Gasteiger partial charge is 0.253 e. The van der Waals surface area contributed by atoms with Crippen molar-refractivity contribution in [2.45, 2.75) is 20.8 Å². The summed E-state index contributed by atoms with van der Waals surface area (Å²) in [5, 5.41) is 2.90. The van der Waals surface area contributed by atoms with E-state index in [0.717, 1.165) is 11.6 Å². The molecule has 1 N–H and O–H groups in total. The monoisotopic (exact) mass is 368 g/mol. The van der Waals surface area contributed by atoms with Gasteiger partial charge in [0.1, 0.15) is 11.6 Å². The Balaban J connectivity index is 2.17. The number of hydrogen-bond donors (Lipinski definition) is 1. The van der Waals surface area contributed by atoms with Crippen molar-refractivity contribution in [2.75, 3.05) is 6.54 Å². The van der Waals surface area contributed by atoms with Crippen LogP contribution in [0.5, 0.6) is 0 Å². The van der Waals surface area contributed by atoms with Gasteiger partial charge >= 0.3 is 0 Å². The van der Waals surface area contributed by atoms with E-state index < -0.39 is 11.6 Å². The molecule has 0 spiro atoms. The van der Waals surface area contributed by atoms with Crippen molar-refractivity contribution in [1.29, 1.82) is 0 Å². The maximum atomic E-state index is 14.5. The summed E-state index contributed by atoms with van der Waals surface area (Å²) < 4.78 is 29.6. The minimum atomic E-state index is -0.681. The van der Waals surface area contributed by atoms with Gasteiger partial charge in [0.05, 0.1) is 16.9 Å². The van der Waals surface area contributed by atoms with E-state index >= 15 is 0 Å². The summed E-state index contributed by atoms with van der Waals surface area (Å²) >= 11 is 0. The zero-order valence-electron chi connectivity index (χ0n) is 15.6. The molecule has 0 aliphatic carbocycles. The van der Waals surface area contributed by atoms with Gasteiger partial charge in [-0.25, -0.2) is 8.78 Å². The van der Waals surface area contributed by atoms with Gasteiger partial charge in [0, 0.05) is 18.3 Å². The van der Waals surface area contributed by atoms with E-state index in [0.29, 0.717) is 29.4 Å². The lowest BCUT2D eigenvalue weighted by Crippen LogP contribution is -2.27. The van der Waals surface area contributed by atoms with Crippen molar-refractivity contribution >= 4 is 5.91 Å². The maximum absolute atomic E-state index is 14.5. The minimum absolute atomic E-state index is 0.204. The van der Waals surface area contributed by atoms with E-state index in [9.17, 15) is 13.6 Å². The molecular weight excluding hydrogens is 346 g/mol. The van der Waals surface area contributed by atoms with Crippen molar-refractivity contribution < 1.29 is 13.6 Å². The van der Waals surface area contributed by atoms with Crippen LogP contribution in [-0.4, -0.2) is 17.0 Å². The van der Waals surface area contributed by atoms with Crippen molar-refractivity contribution in [3.8, 4) is 16.9 Å². The molecular formula is C22H22F2N2O. The van der Waals surface area contributed by atoms with Crippen molar-refractivity contribution in [2.24, 2.45) is 5.92 Å². The van der Waals surface area contributed by atoms with Gasteiger partial charge in [-0.2, -0.15) is 0 Å². The number of carbonyl (C=O) groups excluding carboxylic acids is 1. The second-order valence-electron chi connectivity index (χ2n) is 6.93. The van der Waals surface area contributed by atoms with Crippen LogP contribution in [-0.2, 0) is 0 Å². The number of aromatic nitrogens is 1. The first-order valence-corrected chi connectivity index (χ1v) is 8.90. The quantitative estimate of drug-likeness (QED) is 0.667. The van der Waals surface area contributed by atoms with Gasteiger partial charge in [-0.05, 0) is 36.6 Å². The third-order valence-corrected chi connectivity index (χ3v) is 4.38. The van der Waals surface area contributed by atoms with E-state index in [1.54, 1.807) is 17.6 Å². The molecule has 0 aliphatic heterocycles. The molecule has 0 atom stereocenters. The molecule has 2 aromatic carbocycles. The average molecular weight is 368 g/mol. The van der Waals surface area contributed by atoms with Gasteiger partial charge in [-0.1, -0.05) is 44.2 Å². The number of benzene rings is 2. The van der Waals surface area contributed by atoms with Crippen molar-refractivity contribution in [1.82, 2.24) is 9.88 Å². The molecule has 5 heteroatoms. The van der Waals surface area contributed by atoms with Crippen LogP contribution < -0.4 is 5.32 Å². The summed E-state index contributed by atoms with van der Waals surface area (Å²) in [6, 6.07) is 14.6. The molecule has 3 rings (SSSR count). The molecule has 0 unspecified atom stereocenters. The highest BCUT2D eigenvalue weighted by molar-refractivity contribution is 5.97. The minimum Gasteiger partial charge on any atom is -0.352 e. The highest BCUT2D eigenvalue weighted by atomic mass is 19.1.